The summed E-state index contributed by atoms with van der Waals surface area (Å²) in [6, 6.07) is 19.2. The zero-order valence-corrected chi connectivity index (χ0v) is 21.7. The molecule has 35 heavy (non-hydrogen) atoms. The molecule has 0 amide bonds. The van der Waals surface area contributed by atoms with Crippen molar-refractivity contribution in [2.24, 2.45) is 0 Å². The summed E-state index contributed by atoms with van der Waals surface area (Å²) in [5.41, 5.74) is 8.33. The summed E-state index contributed by atoms with van der Waals surface area (Å²) >= 11 is 12.2. The highest BCUT2D eigenvalue weighted by Gasteiger charge is 2.43. The summed E-state index contributed by atoms with van der Waals surface area (Å²) < 4.78 is 2.28. The molecule has 0 spiro atoms. The van der Waals surface area contributed by atoms with E-state index in [9.17, 15) is 5.11 Å². The zero-order chi connectivity index (χ0) is 24.9. The molecule has 1 fully saturated rings. The molecule has 2 aromatic heterocycles. The van der Waals surface area contributed by atoms with Crippen LogP contribution in [0.5, 0.6) is 5.75 Å². The summed E-state index contributed by atoms with van der Waals surface area (Å²) in [5.74, 6) is 0.119. The Labute approximate surface area is 216 Å². The average Bonchev–Trinajstić information content (AvgIpc) is 3.30. The molecule has 7 heteroatoms. The Morgan fingerprint density at radius 3 is 2.40 bits per heavy atom. The van der Waals surface area contributed by atoms with Crippen molar-refractivity contribution in [1.82, 2.24) is 14.9 Å². The molecule has 1 aliphatic rings. The third kappa shape index (κ3) is 4.17. The van der Waals surface area contributed by atoms with Gasteiger partial charge < -0.3 is 19.9 Å². The van der Waals surface area contributed by atoms with Crippen molar-refractivity contribution in [3.8, 4) is 11.4 Å². The molecule has 3 heterocycles. The Bertz CT molecular complexity index is 1410. The van der Waals surface area contributed by atoms with Crippen molar-refractivity contribution >= 4 is 34.6 Å². The highest BCUT2D eigenvalue weighted by Crippen LogP contribution is 2.46. The van der Waals surface area contributed by atoms with Gasteiger partial charge in [0.1, 0.15) is 5.75 Å². The Hall–Kier alpha value is -3.35. The Morgan fingerprint density at radius 1 is 0.971 bits per heavy atom. The predicted molar refractivity (Wildman–Crippen MR) is 146 cm³/mol. The predicted octanol–water partition coefficient (Wildman–Crippen LogP) is 6.64. The van der Waals surface area contributed by atoms with Crippen LogP contribution < -0.4 is 10.2 Å². The zero-order valence-electron chi connectivity index (χ0n) is 20.1. The van der Waals surface area contributed by atoms with E-state index in [1.165, 1.54) is 11.1 Å². The molecule has 2 N–H and O–H groups in total. The first-order valence-corrected chi connectivity index (χ1v) is 12.3. The smallest absolute Gasteiger partial charge is 0.174 e. The van der Waals surface area contributed by atoms with Crippen LogP contribution in [0.4, 0.5) is 5.69 Å². The Morgan fingerprint density at radius 2 is 1.71 bits per heavy atom. The van der Waals surface area contributed by atoms with Gasteiger partial charge in [0.15, 0.2) is 5.11 Å². The molecule has 2 atom stereocenters. The van der Waals surface area contributed by atoms with Crippen molar-refractivity contribution in [2.45, 2.75) is 39.8 Å². The Kier molecular flexibility index (Phi) is 6.03. The van der Waals surface area contributed by atoms with Gasteiger partial charge in [-0.15, -0.1) is 0 Å². The molecular formula is C28H27ClN4OS. The number of nitrogens with one attached hydrogen (secondary N) is 1. The molecule has 5 nitrogen and oxygen atoms in total. The first kappa shape index (κ1) is 23.4. The van der Waals surface area contributed by atoms with E-state index < -0.39 is 0 Å². The fourth-order valence-electron chi connectivity index (χ4n) is 5.18. The van der Waals surface area contributed by atoms with Gasteiger partial charge in [0.2, 0.25) is 0 Å². The average molecular weight is 503 g/mol. The minimum Gasteiger partial charge on any atom is -0.506 e. The highest BCUT2D eigenvalue weighted by atomic mass is 35.5. The van der Waals surface area contributed by atoms with Gasteiger partial charge in [0.05, 0.1) is 23.5 Å². The minimum atomic E-state index is -0.243. The van der Waals surface area contributed by atoms with Gasteiger partial charge in [-0.05, 0) is 105 Å². The molecule has 178 valence electrons. The molecule has 4 aromatic rings. The summed E-state index contributed by atoms with van der Waals surface area (Å²) in [6.45, 7) is 8.48. The van der Waals surface area contributed by atoms with E-state index >= 15 is 0 Å². The number of pyridine rings is 1. The lowest BCUT2D eigenvalue weighted by atomic mass is 9.96. The van der Waals surface area contributed by atoms with Gasteiger partial charge in [0, 0.05) is 28.3 Å². The summed E-state index contributed by atoms with van der Waals surface area (Å²) in [6.07, 6.45) is 1.79. The lowest BCUT2D eigenvalue weighted by molar-refractivity contribution is 0.472. The lowest BCUT2D eigenvalue weighted by Gasteiger charge is -2.28. The number of phenols is 1. The van der Waals surface area contributed by atoms with Gasteiger partial charge in [-0.1, -0.05) is 23.7 Å². The summed E-state index contributed by atoms with van der Waals surface area (Å²) in [4.78, 5) is 6.60. The van der Waals surface area contributed by atoms with Gasteiger partial charge in [-0.25, -0.2) is 0 Å². The first-order valence-electron chi connectivity index (χ1n) is 11.5. The van der Waals surface area contributed by atoms with Crippen LogP contribution in [0.1, 0.15) is 45.9 Å². The van der Waals surface area contributed by atoms with Gasteiger partial charge in [-0.3, -0.25) is 4.98 Å². The summed E-state index contributed by atoms with van der Waals surface area (Å²) in [7, 11) is 0. The number of aryl methyl sites for hydroxylation is 3. The molecule has 0 saturated carbocycles. The van der Waals surface area contributed by atoms with Crippen LogP contribution in [0.25, 0.3) is 5.69 Å². The van der Waals surface area contributed by atoms with E-state index in [1.54, 1.807) is 24.4 Å². The van der Waals surface area contributed by atoms with Crippen LogP contribution in [-0.4, -0.2) is 19.8 Å². The van der Waals surface area contributed by atoms with Crippen LogP contribution in [-0.2, 0) is 0 Å². The Balaban J connectivity index is 1.72. The number of phenolic OH excluding ortho intramolecular Hbond substituents is 1. The number of nitrogens with zero attached hydrogens (tertiary/aromatic N) is 3. The first-order chi connectivity index (χ1) is 16.7. The maximum absolute atomic E-state index is 10.8. The van der Waals surface area contributed by atoms with E-state index in [0.717, 1.165) is 28.3 Å². The van der Waals surface area contributed by atoms with E-state index in [1.807, 2.05) is 23.1 Å². The topological polar surface area (TPSA) is 53.3 Å². The fraction of sp³-hybridized carbons (Fsp3) is 0.214. The SMILES string of the molecule is Cc1cc(C)cc(-n2c(C)cc([C@H]3[C@H](c4ccccn4)NC(=S)N3c3cc(Cl)ccc3O)c2C)c1. The highest BCUT2D eigenvalue weighted by molar-refractivity contribution is 7.80. The second-order valence-electron chi connectivity index (χ2n) is 9.14. The van der Waals surface area contributed by atoms with Crippen molar-refractivity contribution < 1.29 is 5.11 Å². The quantitative estimate of drug-likeness (QED) is 0.306. The number of hydrogen-bond acceptors (Lipinski definition) is 3. The van der Waals surface area contributed by atoms with E-state index in [-0.39, 0.29) is 17.8 Å². The van der Waals surface area contributed by atoms with Gasteiger partial charge in [0.25, 0.3) is 0 Å². The molecule has 0 aliphatic carbocycles. The fourth-order valence-corrected chi connectivity index (χ4v) is 5.69. The third-order valence-electron chi connectivity index (χ3n) is 6.55. The number of rotatable bonds is 4. The monoisotopic (exact) mass is 502 g/mol. The number of aromatic nitrogens is 2. The van der Waals surface area contributed by atoms with Crippen LogP contribution in [0.15, 0.2) is 66.9 Å². The van der Waals surface area contributed by atoms with Crippen LogP contribution in [0.3, 0.4) is 0 Å². The molecule has 0 bridgehead atoms. The van der Waals surface area contributed by atoms with Gasteiger partial charge >= 0.3 is 0 Å². The van der Waals surface area contributed by atoms with Crippen LogP contribution in [0.2, 0.25) is 5.02 Å². The van der Waals surface area contributed by atoms with Crippen LogP contribution >= 0.6 is 23.8 Å². The van der Waals surface area contributed by atoms with Gasteiger partial charge in [-0.2, -0.15) is 0 Å². The lowest BCUT2D eigenvalue weighted by Crippen LogP contribution is -2.29. The normalized spacial score (nSPS) is 17.6. The second kappa shape index (κ2) is 9.02. The van der Waals surface area contributed by atoms with Crippen LogP contribution in [0, 0.1) is 27.7 Å². The minimum absolute atomic E-state index is 0.119. The molecule has 0 radical (unpaired) electrons. The molecule has 1 saturated heterocycles. The van der Waals surface area contributed by atoms with Crippen molar-refractivity contribution in [2.75, 3.05) is 4.90 Å². The third-order valence-corrected chi connectivity index (χ3v) is 7.10. The van der Waals surface area contributed by atoms with Crippen molar-refractivity contribution in [1.29, 1.82) is 0 Å². The largest absolute Gasteiger partial charge is 0.506 e. The second-order valence-corrected chi connectivity index (χ2v) is 9.96. The molecule has 5 rings (SSSR count). The van der Waals surface area contributed by atoms with Crippen molar-refractivity contribution in [3.63, 3.8) is 0 Å². The molecule has 0 unspecified atom stereocenters. The van der Waals surface area contributed by atoms with Crippen molar-refractivity contribution in [3.05, 3.63) is 106 Å². The maximum Gasteiger partial charge on any atom is 0.174 e. The van der Waals surface area contributed by atoms with E-state index in [0.29, 0.717) is 15.8 Å². The number of aromatic hydroxyl groups is 1. The number of hydrogen-bond donors (Lipinski definition) is 2. The molecular weight excluding hydrogens is 476 g/mol. The number of halogens is 1. The molecule has 2 aromatic carbocycles. The summed E-state index contributed by atoms with van der Waals surface area (Å²) in [5, 5.41) is 15.3. The maximum atomic E-state index is 10.8. The standard InChI is InChI=1S/C28H27ClN4OS/c1-16-11-17(2)13-21(12-16)32-18(3)14-22(19(32)4)27-26(23-7-5-6-10-30-23)31-28(35)33(27)24-15-20(29)8-9-25(24)34/h5-15,26-27,34H,1-4H3,(H,31,35)/t26-,27-/m0/s1. The van der Waals surface area contributed by atoms with E-state index in [2.05, 4.69) is 66.8 Å². The number of thiocarbonyl (C=S) groups is 1. The van der Waals surface area contributed by atoms with E-state index in [4.69, 9.17) is 23.8 Å². The number of anilines is 1. The molecule has 1 aliphatic heterocycles. The number of benzene rings is 2.